The lowest BCUT2D eigenvalue weighted by Gasteiger charge is -2.39. The topological polar surface area (TPSA) is 77.6 Å². The van der Waals surface area contributed by atoms with Crippen molar-refractivity contribution in [1.82, 2.24) is 20.1 Å². The molecule has 34 heavy (non-hydrogen) atoms. The minimum absolute atomic E-state index is 0.0511. The van der Waals surface area contributed by atoms with Gasteiger partial charge in [0.05, 0.1) is 6.54 Å². The molecule has 0 saturated carbocycles. The summed E-state index contributed by atoms with van der Waals surface area (Å²) in [6.45, 7) is 8.00. The van der Waals surface area contributed by atoms with E-state index in [0.29, 0.717) is 24.3 Å². The highest BCUT2D eigenvalue weighted by molar-refractivity contribution is 7.15. The maximum Gasteiger partial charge on any atom is 0.234 e. The highest BCUT2D eigenvalue weighted by Crippen LogP contribution is 2.22. The Balaban J connectivity index is 1.20. The third-order valence-corrected chi connectivity index (χ3v) is 6.86. The number of hydrogen-bond donors (Lipinski definition) is 2. The smallest absolute Gasteiger partial charge is 0.234 e. The minimum atomic E-state index is -0.106. The van der Waals surface area contributed by atoms with E-state index < -0.39 is 0 Å². The number of hydrogen-bond acceptors (Lipinski definition) is 6. The quantitative estimate of drug-likeness (QED) is 0.519. The Kier molecular flexibility index (Phi) is 8.05. The Morgan fingerprint density at radius 3 is 2.50 bits per heavy atom. The second kappa shape index (κ2) is 11.4. The van der Waals surface area contributed by atoms with Gasteiger partial charge in [0.1, 0.15) is 0 Å². The number of nitrogens with one attached hydrogen (secondary N) is 2. The lowest BCUT2D eigenvalue weighted by molar-refractivity contribution is -0.123. The van der Waals surface area contributed by atoms with Crippen LogP contribution < -0.4 is 10.6 Å². The minimum Gasteiger partial charge on any atom is -0.351 e. The molecule has 2 N–H and O–H groups in total. The number of nitrogens with zero attached hydrogens (tertiary/aromatic N) is 3. The van der Waals surface area contributed by atoms with E-state index >= 15 is 0 Å². The molecule has 0 bridgehead atoms. The molecule has 1 aliphatic heterocycles. The summed E-state index contributed by atoms with van der Waals surface area (Å²) in [7, 11) is 0. The molecule has 7 nitrogen and oxygen atoms in total. The molecule has 0 radical (unpaired) electrons. The first kappa shape index (κ1) is 24.1. The van der Waals surface area contributed by atoms with Crippen molar-refractivity contribution >= 4 is 28.3 Å². The number of carbonyl (C=O) groups excluding carboxylic acids is 2. The first-order valence-electron chi connectivity index (χ1n) is 11.6. The monoisotopic (exact) mass is 477 g/mol. The Morgan fingerprint density at radius 1 is 1.06 bits per heavy atom. The number of thiazole rings is 1. The summed E-state index contributed by atoms with van der Waals surface area (Å²) in [5.74, 6) is -0.0550. The number of anilines is 1. The third-order valence-electron chi connectivity index (χ3n) is 5.96. The van der Waals surface area contributed by atoms with E-state index in [1.165, 1.54) is 29.4 Å². The van der Waals surface area contributed by atoms with E-state index in [1.54, 1.807) is 0 Å². The fourth-order valence-electron chi connectivity index (χ4n) is 4.14. The van der Waals surface area contributed by atoms with E-state index in [-0.39, 0.29) is 11.8 Å². The predicted molar refractivity (Wildman–Crippen MR) is 136 cm³/mol. The van der Waals surface area contributed by atoms with Gasteiger partial charge < -0.3 is 10.6 Å². The molecule has 2 heterocycles. The summed E-state index contributed by atoms with van der Waals surface area (Å²) in [6, 6.07) is 18.9. The van der Waals surface area contributed by atoms with Gasteiger partial charge in [0, 0.05) is 56.8 Å². The molecule has 4 rings (SSSR count). The Bertz CT molecular complexity index is 1100. The van der Waals surface area contributed by atoms with Crippen LogP contribution in [0.5, 0.6) is 0 Å². The molecular formula is C26H31N5O2S. The van der Waals surface area contributed by atoms with Crippen LogP contribution >= 0.6 is 11.3 Å². The average molecular weight is 478 g/mol. The molecule has 1 saturated heterocycles. The fourth-order valence-corrected chi connectivity index (χ4v) is 5.03. The van der Waals surface area contributed by atoms with Gasteiger partial charge in [-0.15, -0.1) is 11.3 Å². The molecule has 1 atom stereocenters. The van der Waals surface area contributed by atoms with Crippen molar-refractivity contribution in [3.05, 3.63) is 71.2 Å². The van der Waals surface area contributed by atoms with Gasteiger partial charge >= 0.3 is 0 Å². The first-order chi connectivity index (χ1) is 16.5. The maximum atomic E-state index is 12.5. The van der Waals surface area contributed by atoms with Crippen molar-refractivity contribution in [1.29, 1.82) is 0 Å². The molecule has 1 unspecified atom stereocenters. The van der Waals surface area contributed by atoms with Gasteiger partial charge in [-0.25, -0.2) is 4.98 Å². The lowest BCUT2D eigenvalue weighted by Crippen LogP contribution is -2.53. The van der Waals surface area contributed by atoms with E-state index in [9.17, 15) is 9.59 Å². The number of piperazine rings is 1. The van der Waals surface area contributed by atoms with Gasteiger partial charge in [-0.2, -0.15) is 0 Å². The van der Waals surface area contributed by atoms with Crippen molar-refractivity contribution in [2.75, 3.05) is 31.5 Å². The van der Waals surface area contributed by atoms with Gasteiger partial charge in [-0.1, -0.05) is 54.6 Å². The van der Waals surface area contributed by atoms with Gasteiger partial charge in [0.25, 0.3) is 0 Å². The van der Waals surface area contributed by atoms with E-state index in [0.717, 1.165) is 36.6 Å². The predicted octanol–water partition coefficient (Wildman–Crippen LogP) is 3.59. The summed E-state index contributed by atoms with van der Waals surface area (Å²) in [4.78, 5) is 33.7. The second-order valence-electron chi connectivity index (χ2n) is 8.71. The molecule has 0 aliphatic carbocycles. The van der Waals surface area contributed by atoms with Gasteiger partial charge in [-0.3, -0.25) is 19.4 Å². The summed E-state index contributed by atoms with van der Waals surface area (Å²) in [5, 5.41) is 6.43. The van der Waals surface area contributed by atoms with Crippen molar-refractivity contribution in [2.45, 2.75) is 33.0 Å². The van der Waals surface area contributed by atoms with Crippen LogP contribution in [0.2, 0.25) is 0 Å². The molecule has 1 aliphatic rings. The molecule has 1 fully saturated rings. The van der Waals surface area contributed by atoms with Crippen LogP contribution in [0.25, 0.3) is 11.1 Å². The fraction of sp³-hybridized carbons (Fsp3) is 0.346. The zero-order valence-corrected chi connectivity index (χ0v) is 20.5. The number of benzene rings is 2. The van der Waals surface area contributed by atoms with Crippen molar-refractivity contribution in [3.63, 3.8) is 0 Å². The molecule has 8 heteroatoms. The lowest BCUT2D eigenvalue weighted by atomic mass is 10.0. The highest BCUT2D eigenvalue weighted by Gasteiger charge is 2.25. The number of carbonyl (C=O) groups is 2. The summed E-state index contributed by atoms with van der Waals surface area (Å²) in [5.41, 5.74) is 3.46. The molecule has 178 valence electrons. The van der Waals surface area contributed by atoms with Crippen LogP contribution in [-0.2, 0) is 22.7 Å². The van der Waals surface area contributed by atoms with Crippen molar-refractivity contribution < 1.29 is 9.59 Å². The standard InChI is InChI=1S/C26H31N5O2S/c1-19-16-30(12-13-31(19)17-24-15-28-26(34-24)29-20(2)32)18-25(33)27-14-21-8-10-23(11-9-21)22-6-4-3-5-7-22/h3-11,15,19H,12-14,16-18H2,1-2H3,(H,27,33)(H,28,29,32). The SMILES string of the molecule is CC(=O)Nc1ncc(CN2CCN(CC(=O)NCc3ccc(-c4ccccc4)cc3)CC2C)s1. The summed E-state index contributed by atoms with van der Waals surface area (Å²) in [6.07, 6.45) is 1.83. The van der Waals surface area contributed by atoms with Crippen LogP contribution in [0, 0.1) is 0 Å². The molecule has 0 spiro atoms. The van der Waals surface area contributed by atoms with Crippen molar-refractivity contribution in [3.8, 4) is 11.1 Å². The number of amides is 2. The van der Waals surface area contributed by atoms with Crippen LogP contribution in [-0.4, -0.2) is 58.8 Å². The molecule has 3 aromatic rings. The van der Waals surface area contributed by atoms with Crippen LogP contribution in [0.15, 0.2) is 60.8 Å². The largest absolute Gasteiger partial charge is 0.351 e. The number of aromatic nitrogens is 1. The van der Waals surface area contributed by atoms with Crippen LogP contribution in [0.4, 0.5) is 5.13 Å². The normalized spacial score (nSPS) is 16.8. The van der Waals surface area contributed by atoms with Gasteiger partial charge in [0.15, 0.2) is 5.13 Å². The molecular weight excluding hydrogens is 446 g/mol. The first-order valence-corrected chi connectivity index (χ1v) is 12.4. The maximum absolute atomic E-state index is 12.5. The Hall–Kier alpha value is -3.07. The number of rotatable bonds is 8. The Labute approximate surface area is 204 Å². The third kappa shape index (κ3) is 6.72. The summed E-state index contributed by atoms with van der Waals surface area (Å²) < 4.78 is 0. The zero-order valence-electron chi connectivity index (χ0n) is 19.7. The molecule has 2 aromatic carbocycles. The summed E-state index contributed by atoms with van der Waals surface area (Å²) >= 11 is 1.51. The van der Waals surface area contributed by atoms with Gasteiger partial charge in [0.2, 0.25) is 11.8 Å². The zero-order chi connectivity index (χ0) is 23.9. The Morgan fingerprint density at radius 2 is 1.79 bits per heavy atom. The van der Waals surface area contributed by atoms with E-state index in [4.69, 9.17) is 0 Å². The van der Waals surface area contributed by atoms with E-state index in [1.807, 2.05) is 24.4 Å². The average Bonchev–Trinajstić information content (AvgIpc) is 3.26. The van der Waals surface area contributed by atoms with Crippen molar-refractivity contribution in [2.24, 2.45) is 0 Å². The second-order valence-corrected chi connectivity index (χ2v) is 9.82. The molecule has 2 amide bonds. The van der Waals surface area contributed by atoms with Gasteiger partial charge in [-0.05, 0) is 23.6 Å². The van der Waals surface area contributed by atoms with E-state index in [2.05, 4.69) is 68.7 Å². The highest BCUT2D eigenvalue weighted by atomic mass is 32.1. The van der Waals surface area contributed by atoms with Crippen LogP contribution in [0.1, 0.15) is 24.3 Å². The van der Waals surface area contributed by atoms with Crippen LogP contribution in [0.3, 0.4) is 0 Å². The molecule has 1 aromatic heterocycles.